The minimum absolute atomic E-state index is 0.104. The van der Waals surface area contributed by atoms with Crippen molar-refractivity contribution in [1.29, 1.82) is 0 Å². The van der Waals surface area contributed by atoms with E-state index in [-0.39, 0.29) is 23.5 Å². The maximum Gasteiger partial charge on any atom is 0.262 e. The standard InChI is InChI=1S/C33H40O3SSi/c1-5-34-32-25-24-31(30(35-32)23-15-16-26-37-27-17-9-6-10-18-27)36-38(33(2,3)4,28-19-11-7-12-20-28)29-21-13-8-14-22-29/h6-22,24-25,30-32H,5,23,26H2,1-4H3/b16-15+/t30-,31+,32+/m1/s1. The maximum atomic E-state index is 7.41. The molecule has 0 saturated heterocycles. The molecule has 0 unspecified atom stereocenters. The predicted octanol–water partition coefficient (Wildman–Crippen LogP) is 6.99. The topological polar surface area (TPSA) is 27.7 Å². The molecule has 0 amide bonds. The lowest BCUT2D eigenvalue weighted by atomic mass is 10.1. The summed E-state index contributed by atoms with van der Waals surface area (Å²) in [6.45, 7) is 9.53. The molecule has 0 saturated carbocycles. The van der Waals surface area contributed by atoms with Gasteiger partial charge in [-0.25, -0.2) is 0 Å². The van der Waals surface area contributed by atoms with E-state index in [0.717, 1.165) is 12.2 Å². The van der Waals surface area contributed by atoms with Crippen molar-refractivity contribution in [3.05, 3.63) is 115 Å². The third-order valence-corrected chi connectivity index (χ3v) is 12.8. The predicted molar refractivity (Wildman–Crippen MR) is 163 cm³/mol. The highest BCUT2D eigenvalue weighted by atomic mass is 32.2. The molecule has 0 radical (unpaired) electrons. The second kappa shape index (κ2) is 13.6. The average Bonchev–Trinajstić information content (AvgIpc) is 2.93. The number of hydrogen-bond acceptors (Lipinski definition) is 4. The van der Waals surface area contributed by atoms with E-state index in [9.17, 15) is 0 Å². The van der Waals surface area contributed by atoms with Gasteiger partial charge in [0.05, 0.1) is 12.2 Å². The van der Waals surface area contributed by atoms with Crippen molar-refractivity contribution in [3.8, 4) is 0 Å². The molecule has 200 valence electrons. The fraction of sp³-hybridized carbons (Fsp3) is 0.333. The smallest absolute Gasteiger partial charge is 0.262 e. The number of thioether (sulfide) groups is 1. The van der Waals surface area contributed by atoms with Crippen molar-refractivity contribution < 1.29 is 13.9 Å². The van der Waals surface area contributed by atoms with Gasteiger partial charge in [0, 0.05) is 17.3 Å². The third-order valence-electron chi connectivity index (χ3n) is 6.82. The molecule has 0 aromatic heterocycles. The summed E-state index contributed by atoms with van der Waals surface area (Å²) >= 11 is 1.83. The van der Waals surface area contributed by atoms with E-state index < -0.39 is 8.32 Å². The number of benzene rings is 3. The summed E-state index contributed by atoms with van der Waals surface area (Å²) in [5.74, 6) is 0.918. The number of ether oxygens (including phenoxy) is 2. The third kappa shape index (κ3) is 6.96. The molecular weight excluding hydrogens is 505 g/mol. The van der Waals surface area contributed by atoms with Gasteiger partial charge >= 0.3 is 0 Å². The van der Waals surface area contributed by atoms with Crippen LogP contribution >= 0.6 is 11.8 Å². The van der Waals surface area contributed by atoms with E-state index in [4.69, 9.17) is 13.9 Å². The lowest BCUT2D eigenvalue weighted by Crippen LogP contribution is -2.68. The largest absolute Gasteiger partial charge is 0.398 e. The van der Waals surface area contributed by atoms with Crippen LogP contribution in [0.15, 0.2) is 120 Å². The first kappa shape index (κ1) is 28.6. The number of rotatable bonds is 11. The van der Waals surface area contributed by atoms with Crippen molar-refractivity contribution in [2.24, 2.45) is 0 Å². The molecule has 3 aromatic rings. The maximum absolute atomic E-state index is 7.41. The zero-order valence-electron chi connectivity index (χ0n) is 23.0. The first-order valence-electron chi connectivity index (χ1n) is 13.5. The molecule has 1 aliphatic rings. The van der Waals surface area contributed by atoms with Gasteiger partial charge < -0.3 is 13.9 Å². The Hall–Kier alpha value is -2.41. The Kier molecular flexibility index (Phi) is 10.2. The average molecular weight is 545 g/mol. The van der Waals surface area contributed by atoms with Crippen molar-refractivity contribution in [3.63, 3.8) is 0 Å². The molecule has 0 bridgehead atoms. The summed E-state index contributed by atoms with van der Waals surface area (Å²) < 4.78 is 19.7. The van der Waals surface area contributed by atoms with Crippen molar-refractivity contribution in [2.45, 2.75) is 62.5 Å². The van der Waals surface area contributed by atoms with Crippen LogP contribution in [0.2, 0.25) is 5.04 Å². The van der Waals surface area contributed by atoms with Crippen LogP contribution in [0.4, 0.5) is 0 Å². The summed E-state index contributed by atoms with van der Waals surface area (Å²) in [6.07, 6.45) is 8.71. The zero-order valence-corrected chi connectivity index (χ0v) is 24.8. The van der Waals surface area contributed by atoms with Gasteiger partial charge in [-0.2, -0.15) is 0 Å². The SMILES string of the molecule is CCO[C@@H]1C=C[C@H](O[Si](c2ccccc2)(c2ccccc2)C(C)(C)C)[C@@H](C/C=C/CSc2ccccc2)O1. The van der Waals surface area contributed by atoms with Gasteiger partial charge in [0.1, 0.15) is 0 Å². The molecule has 0 N–H and O–H groups in total. The van der Waals surface area contributed by atoms with E-state index in [1.54, 1.807) is 0 Å². The second-order valence-electron chi connectivity index (χ2n) is 10.5. The van der Waals surface area contributed by atoms with Gasteiger partial charge in [-0.05, 0) is 47.0 Å². The molecular formula is C33H40O3SSi. The second-order valence-corrected chi connectivity index (χ2v) is 15.8. The molecule has 3 nitrogen and oxygen atoms in total. The minimum atomic E-state index is -2.72. The lowest BCUT2D eigenvalue weighted by Gasteiger charge is -2.46. The lowest BCUT2D eigenvalue weighted by molar-refractivity contribution is -0.164. The van der Waals surface area contributed by atoms with Crippen LogP contribution in [0, 0.1) is 0 Å². The Morgan fingerprint density at radius 3 is 1.95 bits per heavy atom. The molecule has 3 aromatic carbocycles. The Bertz CT molecular complexity index is 1120. The van der Waals surface area contributed by atoms with Crippen molar-refractivity contribution in [1.82, 2.24) is 0 Å². The molecule has 1 aliphatic heterocycles. The van der Waals surface area contributed by atoms with Gasteiger partial charge in [0.2, 0.25) is 0 Å². The van der Waals surface area contributed by atoms with Crippen LogP contribution in [0.3, 0.4) is 0 Å². The van der Waals surface area contributed by atoms with Crippen LogP contribution in [-0.4, -0.2) is 39.2 Å². The normalized spacial score (nSPS) is 20.2. The monoisotopic (exact) mass is 544 g/mol. The first-order valence-corrected chi connectivity index (χ1v) is 16.4. The first-order chi connectivity index (χ1) is 18.4. The van der Waals surface area contributed by atoms with Crippen molar-refractivity contribution >= 4 is 30.5 Å². The molecule has 0 fully saturated rings. The molecule has 5 heteroatoms. The highest BCUT2D eigenvalue weighted by Crippen LogP contribution is 2.39. The zero-order chi connectivity index (χ0) is 26.8. The fourth-order valence-electron chi connectivity index (χ4n) is 5.04. The summed E-state index contributed by atoms with van der Waals surface area (Å²) in [5, 5.41) is 2.44. The summed E-state index contributed by atoms with van der Waals surface area (Å²) in [4.78, 5) is 1.28. The van der Waals surface area contributed by atoms with E-state index in [1.165, 1.54) is 15.3 Å². The van der Waals surface area contributed by atoms with Crippen LogP contribution in [-0.2, 0) is 13.9 Å². The molecule has 0 spiro atoms. The number of hydrogen-bond donors (Lipinski definition) is 0. The highest BCUT2D eigenvalue weighted by molar-refractivity contribution is 7.99. The van der Waals surface area contributed by atoms with Crippen LogP contribution in [0.25, 0.3) is 0 Å². The van der Waals surface area contributed by atoms with E-state index in [2.05, 4.69) is 130 Å². The van der Waals surface area contributed by atoms with E-state index in [1.807, 2.05) is 24.8 Å². The van der Waals surface area contributed by atoms with Gasteiger partial charge in [0.15, 0.2) is 6.29 Å². The van der Waals surface area contributed by atoms with E-state index in [0.29, 0.717) is 6.61 Å². The molecule has 4 rings (SSSR count). The van der Waals surface area contributed by atoms with Gasteiger partial charge in [0.25, 0.3) is 8.32 Å². The fourth-order valence-corrected chi connectivity index (χ4v) is 10.5. The van der Waals surface area contributed by atoms with Gasteiger partial charge in [-0.3, -0.25) is 0 Å². The van der Waals surface area contributed by atoms with Gasteiger partial charge in [-0.15, -0.1) is 11.8 Å². The van der Waals surface area contributed by atoms with Crippen LogP contribution in [0.5, 0.6) is 0 Å². The summed E-state index contributed by atoms with van der Waals surface area (Å²) in [6, 6.07) is 32.1. The van der Waals surface area contributed by atoms with Crippen LogP contribution < -0.4 is 10.4 Å². The van der Waals surface area contributed by atoms with Crippen LogP contribution in [0.1, 0.15) is 34.1 Å². The molecule has 0 aliphatic carbocycles. The minimum Gasteiger partial charge on any atom is -0.398 e. The quantitative estimate of drug-likeness (QED) is 0.148. The van der Waals surface area contributed by atoms with Crippen molar-refractivity contribution in [2.75, 3.05) is 12.4 Å². The molecule has 1 heterocycles. The van der Waals surface area contributed by atoms with E-state index >= 15 is 0 Å². The Balaban J connectivity index is 1.62. The summed E-state index contributed by atoms with van der Waals surface area (Å²) in [5.41, 5.74) is 0. The Labute approximate surface area is 234 Å². The molecule has 3 atom stereocenters. The Morgan fingerprint density at radius 2 is 1.39 bits per heavy atom. The highest BCUT2D eigenvalue weighted by Gasteiger charge is 2.52. The van der Waals surface area contributed by atoms with Gasteiger partial charge in [-0.1, -0.05) is 118 Å². The Morgan fingerprint density at radius 1 is 0.816 bits per heavy atom. The summed E-state index contributed by atoms with van der Waals surface area (Å²) in [7, 11) is -2.72. The molecule has 38 heavy (non-hydrogen) atoms.